The first-order valence-corrected chi connectivity index (χ1v) is 8.77. The molecule has 25 heavy (non-hydrogen) atoms. The van der Waals surface area contributed by atoms with Gasteiger partial charge in [0.2, 0.25) is 0 Å². The Balaban J connectivity index is 1.58. The van der Waals surface area contributed by atoms with Crippen molar-refractivity contribution in [2.45, 2.75) is 12.6 Å². The topological polar surface area (TPSA) is 65.9 Å². The van der Waals surface area contributed by atoms with Gasteiger partial charge in [0.05, 0.1) is 25.3 Å². The quantitative estimate of drug-likeness (QED) is 0.908. The standard InChI is InChI=1S/C19H23N3O3/c23-19(24)11-21-7-14-8-22(16(10-21)13-25-12-14)9-15-5-6-20-18-4-2-1-3-17(15)18/h1-6,14,16H,7-13H2,(H,23,24)/t14-,16-/m0/s1. The van der Waals surface area contributed by atoms with Gasteiger partial charge in [0.25, 0.3) is 0 Å². The Morgan fingerprint density at radius 3 is 2.96 bits per heavy atom. The van der Waals surface area contributed by atoms with Crippen LogP contribution in [-0.2, 0) is 16.1 Å². The number of ether oxygens (including phenoxy) is 1. The fourth-order valence-corrected chi connectivity index (χ4v) is 4.05. The fourth-order valence-electron chi connectivity index (χ4n) is 4.05. The lowest BCUT2D eigenvalue weighted by atomic mass is 10.1. The summed E-state index contributed by atoms with van der Waals surface area (Å²) < 4.78 is 5.84. The van der Waals surface area contributed by atoms with Gasteiger partial charge in [0, 0.05) is 49.7 Å². The maximum absolute atomic E-state index is 11.1. The van der Waals surface area contributed by atoms with Crippen molar-refractivity contribution in [2.75, 3.05) is 39.4 Å². The van der Waals surface area contributed by atoms with Gasteiger partial charge in [-0.05, 0) is 17.7 Å². The summed E-state index contributed by atoms with van der Waals surface area (Å²) in [7, 11) is 0. The highest BCUT2D eigenvalue weighted by Crippen LogP contribution is 2.24. The number of aliphatic carboxylic acids is 1. The molecule has 0 aliphatic carbocycles. The third kappa shape index (κ3) is 3.66. The van der Waals surface area contributed by atoms with Gasteiger partial charge in [-0.1, -0.05) is 18.2 Å². The number of rotatable bonds is 4. The fraction of sp³-hybridized carbons (Fsp3) is 0.474. The molecule has 2 atom stereocenters. The van der Waals surface area contributed by atoms with Gasteiger partial charge in [0.1, 0.15) is 0 Å². The Labute approximate surface area is 147 Å². The Bertz CT molecular complexity index is 761. The number of benzene rings is 1. The van der Waals surface area contributed by atoms with Crippen molar-refractivity contribution in [1.82, 2.24) is 14.8 Å². The lowest BCUT2D eigenvalue weighted by Gasteiger charge is -2.30. The molecule has 3 heterocycles. The zero-order chi connectivity index (χ0) is 17.2. The minimum atomic E-state index is -0.757. The van der Waals surface area contributed by atoms with E-state index in [4.69, 9.17) is 9.84 Å². The van der Waals surface area contributed by atoms with Gasteiger partial charge in [-0.3, -0.25) is 19.6 Å². The van der Waals surface area contributed by atoms with Crippen LogP contribution < -0.4 is 0 Å². The summed E-state index contributed by atoms with van der Waals surface area (Å²) in [6, 6.07) is 10.5. The minimum absolute atomic E-state index is 0.110. The number of aromatic nitrogens is 1. The highest BCUT2D eigenvalue weighted by molar-refractivity contribution is 5.81. The molecule has 2 aliphatic heterocycles. The molecule has 2 aliphatic rings. The molecule has 6 heteroatoms. The normalized spacial score (nSPS) is 25.0. The number of carboxylic acids is 1. The van der Waals surface area contributed by atoms with E-state index in [0.29, 0.717) is 19.1 Å². The van der Waals surface area contributed by atoms with E-state index in [1.54, 1.807) is 0 Å². The molecule has 2 aromatic rings. The van der Waals surface area contributed by atoms with E-state index in [1.807, 2.05) is 24.4 Å². The van der Waals surface area contributed by atoms with Gasteiger partial charge in [0.15, 0.2) is 0 Å². The zero-order valence-electron chi connectivity index (χ0n) is 14.2. The molecule has 0 radical (unpaired) electrons. The van der Waals surface area contributed by atoms with Crippen LogP contribution in [0, 0.1) is 5.92 Å². The van der Waals surface area contributed by atoms with Crippen LogP contribution in [0.1, 0.15) is 5.56 Å². The Hall–Kier alpha value is -2.02. The van der Waals surface area contributed by atoms with E-state index in [1.165, 1.54) is 10.9 Å². The first kappa shape index (κ1) is 16.4. The first-order chi connectivity index (χ1) is 12.2. The number of para-hydroxylation sites is 1. The molecule has 2 fully saturated rings. The molecular weight excluding hydrogens is 318 g/mol. The zero-order valence-corrected chi connectivity index (χ0v) is 14.2. The predicted molar refractivity (Wildman–Crippen MR) is 94.3 cm³/mol. The lowest BCUT2D eigenvalue weighted by molar-refractivity contribution is -0.138. The van der Waals surface area contributed by atoms with E-state index in [2.05, 4.69) is 26.9 Å². The molecule has 2 saturated heterocycles. The van der Waals surface area contributed by atoms with Gasteiger partial charge >= 0.3 is 5.97 Å². The second-order valence-electron chi connectivity index (χ2n) is 7.06. The van der Waals surface area contributed by atoms with Crippen LogP contribution in [0.15, 0.2) is 36.5 Å². The van der Waals surface area contributed by atoms with E-state index in [-0.39, 0.29) is 12.6 Å². The summed E-state index contributed by atoms with van der Waals surface area (Å²) in [5.74, 6) is -0.410. The molecule has 0 amide bonds. The maximum atomic E-state index is 11.1. The summed E-state index contributed by atoms with van der Waals surface area (Å²) in [6.45, 7) is 4.79. The molecule has 1 aromatic carbocycles. The molecule has 2 bridgehead atoms. The SMILES string of the molecule is O=C(O)CN1C[C@@H]2COC[C@H](C1)N(Cc1ccnc3ccccc13)C2. The van der Waals surface area contributed by atoms with E-state index < -0.39 is 5.97 Å². The van der Waals surface area contributed by atoms with Gasteiger partial charge in [-0.25, -0.2) is 0 Å². The number of nitrogens with zero attached hydrogens (tertiary/aromatic N) is 3. The molecule has 0 unspecified atom stereocenters. The van der Waals surface area contributed by atoms with E-state index in [9.17, 15) is 4.79 Å². The summed E-state index contributed by atoms with van der Waals surface area (Å²) in [6.07, 6.45) is 1.87. The van der Waals surface area contributed by atoms with Gasteiger partial charge in [-0.15, -0.1) is 0 Å². The van der Waals surface area contributed by atoms with Crippen LogP contribution in [0.3, 0.4) is 0 Å². The third-order valence-electron chi connectivity index (χ3n) is 5.13. The largest absolute Gasteiger partial charge is 0.480 e. The molecule has 4 rings (SSSR count). The maximum Gasteiger partial charge on any atom is 0.317 e. The van der Waals surface area contributed by atoms with Crippen LogP contribution in [0.25, 0.3) is 10.9 Å². The highest BCUT2D eigenvalue weighted by Gasteiger charge is 2.34. The van der Waals surface area contributed by atoms with Crippen molar-refractivity contribution < 1.29 is 14.6 Å². The van der Waals surface area contributed by atoms with Crippen LogP contribution in [0.4, 0.5) is 0 Å². The summed E-state index contributed by atoms with van der Waals surface area (Å²) in [5.41, 5.74) is 2.28. The monoisotopic (exact) mass is 341 g/mol. The van der Waals surface area contributed by atoms with Crippen LogP contribution >= 0.6 is 0 Å². The Kier molecular flexibility index (Phi) is 4.65. The number of carboxylic acid groups (broad SMARTS) is 1. The second kappa shape index (κ2) is 7.07. The molecule has 0 saturated carbocycles. The average Bonchev–Trinajstić information content (AvgIpc) is 2.85. The number of hydrogen-bond donors (Lipinski definition) is 1. The molecule has 6 nitrogen and oxygen atoms in total. The van der Waals surface area contributed by atoms with E-state index >= 15 is 0 Å². The van der Waals surface area contributed by atoms with Crippen molar-refractivity contribution in [2.24, 2.45) is 5.92 Å². The molecule has 1 N–H and O–H groups in total. The summed E-state index contributed by atoms with van der Waals surface area (Å²) in [4.78, 5) is 20.1. The number of hydrogen-bond acceptors (Lipinski definition) is 5. The van der Waals surface area contributed by atoms with Crippen LogP contribution in [0.5, 0.6) is 0 Å². The van der Waals surface area contributed by atoms with Crippen molar-refractivity contribution in [1.29, 1.82) is 0 Å². The molecular formula is C19H23N3O3. The molecule has 0 spiro atoms. The average molecular weight is 341 g/mol. The second-order valence-corrected chi connectivity index (χ2v) is 7.06. The number of carbonyl (C=O) groups is 1. The molecule has 1 aromatic heterocycles. The summed E-state index contributed by atoms with van der Waals surface area (Å²) >= 11 is 0. The van der Waals surface area contributed by atoms with Crippen molar-refractivity contribution in [3.8, 4) is 0 Å². The van der Waals surface area contributed by atoms with Crippen molar-refractivity contribution in [3.63, 3.8) is 0 Å². The Morgan fingerprint density at radius 1 is 1.20 bits per heavy atom. The van der Waals surface area contributed by atoms with Crippen LogP contribution in [0.2, 0.25) is 0 Å². The Morgan fingerprint density at radius 2 is 2.08 bits per heavy atom. The number of pyridine rings is 1. The summed E-state index contributed by atoms with van der Waals surface area (Å²) in [5, 5.41) is 10.3. The van der Waals surface area contributed by atoms with E-state index in [0.717, 1.165) is 31.7 Å². The van der Waals surface area contributed by atoms with Crippen LogP contribution in [-0.4, -0.2) is 71.3 Å². The van der Waals surface area contributed by atoms with Gasteiger partial charge < -0.3 is 9.84 Å². The van der Waals surface area contributed by atoms with Gasteiger partial charge in [-0.2, -0.15) is 0 Å². The first-order valence-electron chi connectivity index (χ1n) is 8.77. The third-order valence-corrected chi connectivity index (χ3v) is 5.13. The minimum Gasteiger partial charge on any atom is -0.480 e. The predicted octanol–water partition coefficient (Wildman–Crippen LogP) is 1.45. The molecule has 132 valence electrons. The highest BCUT2D eigenvalue weighted by atomic mass is 16.5. The number of fused-ring (bicyclic) bond motifs is 4. The lowest BCUT2D eigenvalue weighted by Crippen LogP contribution is -2.44. The van der Waals surface area contributed by atoms with Crippen molar-refractivity contribution >= 4 is 16.9 Å². The smallest absolute Gasteiger partial charge is 0.317 e. The van der Waals surface area contributed by atoms with Crippen molar-refractivity contribution in [3.05, 3.63) is 42.1 Å².